The van der Waals surface area contributed by atoms with Crippen LogP contribution in [0.5, 0.6) is 0 Å². The van der Waals surface area contributed by atoms with Gasteiger partial charge in [-0.1, -0.05) is 13.8 Å². The summed E-state index contributed by atoms with van der Waals surface area (Å²) in [6, 6.07) is 0. The highest BCUT2D eigenvalue weighted by molar-refractivity contribution is 5.75. The Balaban J connectivity index is 2.34. The second kappa shape index (κ2) is 4.79. The molecule has 4 nitrogen and oxygen atoms in total. The van der Waals surface area contributed by atoms with E-state index in [2.05, 4.69) is 24.3 Å². The molecule has 1 N–H and O–H groups in total. The minimum atomic E-state index is 0.0156. The standard InChI is InChI=1S/C10H17N3O/c1-8(2)4-11-10(14)7-13-6-9(3)5-12-13/h5-6,8H,4,7H2,1-3H3,(H,11,14). The van der Waals surface area contributed by atoms with Crippen molar-refractivity contribution in [1.29, 1.82) is 0 Å². The zero-order valence-corrected chi connectivity index (χ0v) is 8.95. The summed E-state index contributed by atoms with van der Waals surface area (Å²) >= 11 is 0. The Morgan fingerprint density at radius 2 is 2.36 bits per heavy atom. The molecule has 0 bridgehead atoms. The molecule has 1 heterocycles. The van der Waals surface area contributed by atoms with Gasteiger partial charge in [-0.05, 0) is 18.4 Å². The van der Waals surface area contributed by atoms with Gasteiger partial charge in [0.1, 0.15) is 6.54 Å². The van der Waals surface area contributed by atoms with E-state index in [0.717, 1.165) is 12.1 Å². The number of nitrogens with one attached hydrogen (secondary N) is 1. The predicted octanol–water partition coefficient (Wildman–Crippen LogP) is 0.964. The van der Waals surface area contributed by atoms with E-state index in [-0.39, 0.29) is 5.91 Å². The van der Waals surface area contributed by atoms with Crippen LogP contribution in [0.4, 0.5) is 0 Å². The van der Waals surface area contributed by atoms with Crippen molar-refractivity contribution in [2.75, 3.05) is 6.54 Å². The lowest BCUT2D eigenvalue weighted by molar-refractivity contribution is -0.122. The first-order chi connectivity index (χ1) is 6.58. The van der Waals surface area contributed by atoms with E-state index >= 15 is 0 Å². The van der Waals surface area contributed by atoms with Gasteiger partial charge in [0, 0.05) is 12.7 Å². The van der Waals surface area contributed by atoms with E-state index < -0.39 is 0 Å². The van der Waals surface area contributed by atoms with Crippen molar-refractivity contribution in [1.82, 2.24) is 15.1 Å². The average Bonchev–Trinajstić information content (AvgIpc) is 2.48. The average molecular weight is 195 g/mol. The Morgan fingerprint density at radius 1 is 1.64 bits per heavy atom. The van der Waals surface area contributed by atoms with Crippen molar-refractivity contribution >= 4 is 5.91 Å². The van der Waals surface area contributed by atoms with Crippen molar-refractivity contribution < 1.29 is 4.79 Å². The maximum Gasteiger partial charge on any atom is 0.241 e. The Kier molecular flexibility index (Phi) is 3.68. The number of amides is 1. The third kappa shape index (κ3) is 3.60. The minimum absolute atomic E-state index is 0.0156. The maximum absolute atomic E-state index is 11.4. The smallest absolute Gasteiger partial charge is 0.241 e. The molecule has 0 unspecified atom stereocenters. The van der Waals surface area contributed by atoms with Crippen molar-refractivity contribution in [3.8, 4) is 0 Å². The third-order valence-corrected chi connectivity index (χ3v) is 1.78. The third-order valence-electron chi connectivity index (χ3n) is 1.78. The summed E-state index contributed by atoms with van der Waals surface area (Å²) < 4.78 is 1.64. The van der Waals surface area contributed by atoms with Gasteiger partial charge in [-0.3, -0.25) is 9.48 Å². The highest BCUT2D eigenvalue weighted by Gasteiger charge is 2.03. The van der Waals surface area contributed by atoms with Crippen molar-refractivity contribution in [3.05, 3.63) is 18.0 Å². The molecule has 0 aromatic carbocycles. The molecule has 0 spiro atoms. The predicted molar refractivity (Wildman–Crippen MR) is 54.8 cm³/mol. The molecule has 14 heavy (non-hydrogen) atoms. The number of carbonyl (C=O) groups excluding carboxylic acids is 1. The van der Waals surface area contributed by atoms with Crippen LogP contribution in [0.3, 0.4) is 0 Å². The summed E-state index contributed by atoms with van der Waals surface area (Å²) in [5.41, 5.74) is 1.07. The zero-order chi connectivity index (χ0) is 10.6. The van der Waals surface area contributed by atoms with Crippen LogP contribution in [-0.4, -0.2) is 22.2 Å². The lowest BCUT2D eigenvalue weighted by atomic mass is 10.2. The second-order valence-corrected chi connectivity index (χ2v) is 3.91. The molecule has 0 radical (unpaired) electrons. The number of rotatable bonds is 4. The molecule has 0 fully saturated rings. The van der Waals surface area contributed by atoms with Gasteiger partial charge in [-0.25, -0.2) is 0 Å². The molecule has 1 aromatic rings. The number of hydrogen-bond donors (Lipinski definition) is 1. The SMILES string of the molecule is Cc1cnn(CC(=O)NCC(C)C)c1. The Bertz CT molecular complexity index is 304. The molecule has 1 amide bonds. The van der Waals surface area contributed by atoms with Crippen LogP contribution in [0.25, 0.3) is 0 Å². The first-order valence-electron chi connectivity index (χ1n) is 4.83. The van der Waals surface area contributed by atoms with Gasteiger partial charge in [-0.2, -0.15) is 5.10 Å². The summed E-state index contributed by atoms with van der Waals surface area (Å²) in [5, 5.41) is 6.88. The molecule has 0 aliphatic rings. The highest BCUT2D eigenvalue weighted by atomic mass is 16.2. The molecule has 0 saturated heterocycles. The van der Waals surface area contributed by atoms with E-state index in [1.54, 1.807) is 10.9 Å². The first-order valence-corrected chi connectivity index (χ1v) is 4.83. The largest absolute Gasteiger partial charge is 0.354 e. The summed E-state index contributed by atoms with van der Waals surface area (Å²) in [5.74, 6) is 0.500. The molecule has 78 valence electrons. The molecule has 1 rings (SSSR count). The van der Waals surface area contributed by atoms with E-state index in [0.29, 0.717) is 12.5 Å². The van der Waals surface area contributed by atoms with Crippen molar-refractivity contribution in [3.63, 3.8) is 0 Å². The molecular weight excluding hydrogens is 178 g/mol. The number of hydrogen-bond acceptors (Lipinski definition) is 2. The summed E-state index contributed by atoms with van der Waals surface area (Å²) in [7, 11) is 0. The Labute approximate surface area is 84.3 Å². The quantitative estimate of drug-likeness (QED) is 0.778. The molecule has 1 aromatic heterocycles. The topological polar surface area (TPSA) is 46.9 Å². The van der Waals surface area contributed by atoms with Crippen molar-refractivity contribution in [2.45, 2.75) is 27.3 Å². The van der Waals surface area contributed by atoms with Crippen molar-refractivity contribution in [2.24, 2.45) is 5.92 Å². The lowest BCUT2D eigenvalue weighted by Gasteiger charge is -2.07. The fraction of sp³-hybridized carbons (Fsp3) is 0.600. The summed E-state index contributed by atoms with van der Waals surface area (Å²) in [6.07, 6.45) is 3.60. The van der Waals surface area contributed by atoms with Crippen LogP contribution >= 0.6 is 0 Å². The lowest BCUT2D eigenvalue weighted by Crippen LogP contribution is -2.30. The fourth-order valence-electron chi connectivity index (χ4n) is 1.07. The summed E-state index contributed by atoms with van der Waals surface area (Å²) in [4.78, 5) is 11.4. The van der Waals surface area contributed by atoms with Crippen LogP contribution in [0.1, 0.15) is 19.4 Å². The van der Waals surface area contributed by atoms with Crippen LogP contribution < -0.4 is 5.32 Å². The summed E-state index contributed by atoms with van der Waals surface area (Å²) in [6.45, 7) is 7.12. The fourth-order valence-corrected chi connectivity index (χ4v) is 1.07. The number of aromatic nitrogens is 2. The molecule has 0 aliphatic carbocycles. The maximum atomic E-state index is 11.4. The monoisotopic (exact) mass is 195 g/mol. The normalized spacial score (nSPS) is 10.6. The molecule has 0 atom stereocenters. The van der Waals surface area contributed by atoms with Gasteiger partial charge >= 0.3 is 0 Å². The molecule has 0 aliphatic heterocycles. The van der Waals surface area contributed by atoms with Gasteiger partial charge in [0.05, 0.1) is 6.20 Å². The number of carbonyl (C=O) groups is 1. The molecule has 4 heteroatoms. The van der Waals surface area contributed by atoms with E-state index in [1.165, 1.54) is 0 Å². The highest BCUT2D eigenvalue weighted by Crippen LogP contribution is 1.94. The number of aryl methyl sites for hydroxylation is 1. The van der Waals surface area contributed by atoms with E-state index in [9.17, 15) is 4.79 Å². The van der Waals surface area contributed by atoms with Gasteiger partial charge < -0.3 is 5.32 Å². The zero-order valence-electron chi connectivity index (χ0n) is 8.95. The second-order valence-electron chi connectivity index (χ2n) is 3.91. The van der Waals surface area contributed by atoms with E-state index in [1.807, 2.05) is 13.1 Å². The molecular formula is C10H17N3O. The van der Waals surface area contributed by atoms with Gasteiger partial charge in [-0.15, -0.1) is 0 Å². The van der Waals surface area contributed by atoms with E-state index in [4.69, 9.17) is 0 Å². The Morgan fingerprint density at radius 3 is 2.86 bits per heavy atom. The Hall–Kier alpha value is -1.32. The van der Waals surface area contributed by atoms with Gasteiger partial charge in [0.25, 0.3) is 0 Å². The minimum Gasteiger partial charge on any atom is -0.354 e. The van der Waals surface area contributed by atoms with Crippen LogP contribution in [0.2, 0.25) is 0 Å². The van der Waals surface area contributed by atoms with Gasteiger partial charge in [0.15, 0.2) is 0 Å². The van der Waals surface area contributed by atoms with Crippen LogP contribution in [0, 0.1) is 12.8 Å². The van der Waals surface area contributed by atoms with Gasteiger partial charge in [0.2, 0.25) is 5.91 Å². The molecule has 0 saturated carbocycles. The number of nitrogens with zero attached hydrogens (tertiary/aromatic N) is 2. The van der Waals surface area contributed by atoms with Crippen LogP contribution in [-0.2, 0) is 11.3 Å². The van der Waals surface area contributed by atoms with Crippen LogP contribution in [0.15, 0.2) is 12.4 Å². The first kappa shape index (κ1) is 10.8.